The Morgan fingerprint density at radius 2 is 1.66 bits per heavy atom. The molecule has 2 fully saturated rings. The van der Waals surface area contributed by atoms with Crippen LogP contribution in [0.25, 0.3) is 0 Å². The molecule has 6 nitrogen and oxygen atoms in total. The van der Waals surface area contributed by atoms with Crippen LogP contribution in [0.15, 0.2) is 53.7 Å². The lowest BCUT2D eigenvalue weighted by Gasteiger charge is -2.42. The molecular formula is C28H38N4O2S. The van der Waals surface area contributed by atoms with Gasteiger partial charge in [-0.3, -0.25) is 19.6 Å². The fourth-order valence-electron chi connectivity index (χ4n) is 5.22. The minimum atomic E-state index is -0.679. The predicted molar refractivity (Wildman–Crippen MR) is 141 cm³/mol. The first kappa shape index (κ1) is 25.7. The summed E-state index contributed by atoms with van der Waals surface area (Å²) in [5, 5.41) is 0. The van der Waals surface area contributed by atoms with E-state index in [1.54, 1.807) is 24.2 Å². The first-order valence-electron chi connectivity index (χ1n) is 12.8. The van der Waals surface area contributed by atoms with E-state index in [1.165, 1.54) is 20.9 Å². The normalized spacial score (nSPS) is 18.3. The van der Waals surface area contributed by atoms with Crippen molar-refractivity contribution in [3.05, 3.63) is 59.9 Å². The first-order chi connectivity index (χ1) is 16.9. The van der Waals surface area contributed by atoms with E-state index in [4.69, 9.17) is 0 Å². The second-order valence-electron chi connectivity index (χ2n) is 10.2. The van der Waals surface area contributed by atoms with E-state index in [9.17, 15) is 9.59 Å². The zero-order valence-corrected chi connectivity index (χ0v) is 22.1. The van der Waals surface area contributed by atoms with Crippen molar-refractivity contribution >= 4 is 23.7 Å². The van der Waals surface area contributed by atoms with Gasteiger partial charge in [-0.25, -0.2) is 4.79 Å². The lowest BCUT2D eigenvalue weighted by Crippen LogP contribution is -2.56. The number of piperidine rings is 1. The van der Waals surface area contributed by atoms with Crippen molar-refractivity contribution in [1.82, 2.24) is 19.7 Å². The van der Waals surface area contributed by atoms with Crippen LogP contribution in [0.5, 0.6) is 0 Å². The minimum absolute atomic E-state index is 0.0185. The predicted octanol–water partition coefficient (Wildman–Crippen LogP) is 5.08. The van der Waals surface area contributed by atoms with Gasteiger partial charge in [0.05, 0.1) is 0 Å². The smallest absolute Gasteiger partial charge is 0.309 e. The highest BCUT2D eigenvalue weighted by Gasteiger charge is 2.57. The molecule has 2 saturated heterocycles. The number of aromatic nitrogens is 1. The largest absolute Gasteiger partial charge is 0.327 e. The number of carbonyl (C=O) groups excluding carboxylic acids is 2. The summed E-state index contributed by atoms with van der Waals surface area (Å²) in [6.07, 6.45) is 9.60. The molecule has 7 heteroatoms. The molecule has 3 heterocycles. The summed E-state index contributed by atoms with van der Waals surface area (Å²) in [5.74, 6) is 0.505. The summed E-state index contributed by atoms with van der Waals surface area (Å²) in [6, 6.07) is 12.6. The Labute approximate surface area is 214 Å². The Hall–Kier alpha value is -2.38. The van der Waals surface area contributed by atoms with Gasteiger partial charge in [-0.05, 0) is 79.7 Å². The molecule has 35 heavy (non-hydrogen) atoms. The molecule has 1 aromatic carbocycles. The third-order valence-corrected chi connectivity index (χ3v) is 8.14. The number of aryl methyl sites for hydroxylation is 1. The van der Waals surface area contributed by atoms with Crippen LogP contribution in [0.2, 0.25) is 0 Å². The maximum atomic E-state index is 13.8. The number of hydrogen-bond donors (Lipinski definition) is 0. The van der Waals surface area contributed by atoms with E-state index < -0.39 is 5.54 Å². The number of urea groups is 1. The van der Waals surface area contributed by atoms with E-state index in [0.29, 0.717) is 31.8 Å². The van der Waals surface area contributed by atoms with Gasteiger partial charge in [0.1, 0.15) is 5.54 Å². The van der Waals surface area contributed by atoms with Gasteiger partial charge < -0.3 is 4.90 Å². The number of pyridine rings is 1. The maximum Gasteiger partial charge on any atom is 0.327 e. The molecule has 0 saturated carbocycles. The SMILES string of the molecule is CSc1ccc(CN2CCC3(CC2)C(=O)N(CCCc2ccncc2)C(=O)N3CCC(C)C)cc1. The van der Waals surface area contributed by atoms with Crippen LogP contribution in [0.1, 0.15) is 50.7 Å². The Kier molecular flexibility index (Phi) is 8.50. The number of imide groups is 1. The quantitative estimate of drug-likeness (QED) is 0.341. The fourth-order valence-corrected chi connectivity index (χ4v) is 5.63. The van der Waals surface area contributed by atoms with Crippen molar-refractivity contribution in [2.75, 3.05) is 32.4 Å². The molecule has 0 N–H and O–H groups in total. The third kappa shape index (κ3) is 5.89. The monoisotopic (exact) mass is 494 g/mol. The average molecular weight is 495 g/mol. The summed E-state index contributed by atoms with van der Waals surface area (Å²) in [4.78, 5) is 38.5. The second-order valence-corrected chi connectivity index (χ2v) is 11.1. The summed E-state index contributed by atoms with van der Waals surface area (Å²) >= 11 is 1.75. The molecule has 0 radical (unpaired) electrons. The number of likely N-dealkylation sites (tertiary alicyclic amines) is 1. The van der Waals surface area contributed by atoms with Gasteiger partial charge in [-0.2, -0.15) is 0 Å². The molecule has 188 valence electrons. The van der Waals surface area contributed by atoms with Gasteiger partial charge in [0.15, 0.2) is 0 Å². The number of thioether (sulfide) groups is 1. The molecule has 0 aliphatic carbocycles. The van der Waals surface area contributed by atoms with Crippen LogP contribution >= 0.6 is 11.8 Å². The van der Waals surface area contributed by atoms with Crippen LogP contribution in [0.3, 0.4) is 0 Å². The van der Waals surface area contributed by atoms with Crippen LogP contribution in [0.4, 0.5) is 4.79 Å². The highest BCUT2D eigenvalue weighted by atomic mass is 32.2. The summed E-state index contributed by atoms with van der Waals surface area (Å²) in [6.45, 7) is 8.01. The molecule has 0 unspecified atom stereocenters. The van der Waals surface area contributed by atoms with Crippen molar-refractivity contribution in [3.8, 4) is 0 Å². The van der Waals surface area contributed by atoms with Crippen LogP contribution in [-0.2, 0) is 17.8 Å². The van der Waals surface area contributed by atoms with Crippen LogP contribution in [0, 0.1) is 5.92 Å². The standard InChI is InChI=1S/C28H38N4O2S/c1-22(2)12-18-32-27(34)31(17-4-5-23-10-15-29-16-11-23)26(33)28(32)13-19-30(20-14-28)21-24-6-8-25(35-3)9-7-24/h6-11,15-16,22H,4-5,12-14,17-21H2,1-3H3. The van der Waals surface area contributed by atoms with Gasteiger partial charge in [-0.1, -0.05) is 26.0 Å². The summed E-state index contributed by atoms with van der Waals surface area (Å²) < 4.78 is 0. The molecule has 2 aromatic rings. The van der Waals surface area contributed by atoms with Gasteiger partial charge in [0, 0.05) is 50.0 Å². The van der Waals surface area contributed by atoms with Gasteiger partial charge in [-0.15, -0.1) is 11.8 Å². The van der Waals surface area contributed by atoms with E-state index >= 15 is 0 Å². The Morgan fingerprint density at radius 1 is 0.971 bits per heavy atom. The van der Waals surface area contributed by atoms with Crippen LogP contribution in [-0.4, -0.2) is 69.6 Å². The molecule has 1 aromatic heterocycles. The topological polar surface area (TPSA) is 56.8 Å². The fraction of sp³-hybridized carbons (Fsp3) is 0.536. The molecule has 2 aliphatic rings. The third-order valence-electron chi connectivity index (χ3n) is 7.40. The van der Waals surface area contributed by atoms with Crippen molar-refractivity contribution in [1.29, 1.82) is 0 Å². The van der Waals surface area contributed by atoms with E-state index in [0.717, 1.165) is 38.9 Å². The second kappa shape index (κ2) is 11.6. The molecular weight excluding hydrogens is 456 g/mol. The van der Waals surface area contributed by atoms with Crippen molar-refractivity contribution in [2.45, 2.75) is 62.9 Å². The lowest BCUT2D eigenvalue weighted by molar-refractivity contribution is -0.135. The number of carbonyl (C=O) groups is 2. The number of nitrogens with zero attached hydrogens (tertiary/aromatic N) is 4. The molecule has 2 aliphatic heterocycles. The highest BCUT2D eigenvalue weighted by molar-refractivity contribution is 7.98. The van der Waals surface area contributed by atoms with E-state index in [1.807, 2.05) is 17.0 Å². The zero-order valence-electron chi connectivity index (χ0n) is 21.3. The Morgan fingerprint density at radius 3 is 2.29 bits per heavy atom. The van der Waals surface area contributed by atoms with E-state index in [-0.39, 0.29) is 11.9 Å². The molecule has 0 bridgehead atoms. The Balaban J connectivity index is 1.42. The maximum absolute atomic E-state index is 13.8. The first-order valence-corrected chi connectivity index (χ1v) is 14.0. The molecule has 1 spiro atoms. The average Bonchev–Trinajstić information content (AvgIpc) is 3.06. The highest BCUT2D eigenvalue weighted by Crippen LogP contribution is 2.38. The number of amides is 3. The summed E-state index contributed by atoms with van der Waals surface area (Å²) in [5.41, 5.74) is 1.80. The van der Waals surface area contributed by atoms with Crippen LogP contribution < -0.4 is 0 Å². The van der Waals surface area contributed by atoms with Crippen molar-refractivity contribution < 1.29 is 9.59 Å². The van der Waals surface area contributed by atoms with Gasteiger partial charge >= 0.3 is 6.03 Å². The van der Waals surface area contributed by atoms with E-state index in [2.05, 4.69) is 54.3 Å². The minimum Gasteiger partial charge on any atom is -0.309 e. The number of rotatable bonds is 10. The van der Waals surface area contributed by atoms with Crippen molar-refractivity contribution in [2.24, 2.45) is 5.92 Å². The Bertz CT molecular complexity index is 988. The van der Waals surface area contributed by atoms with Gasteiger partial charge in [0.2, 0.25) is 0 Å². The van der Waals surface area contributed by atoms with Crippen molar-refractivity contribution in [3.63, 3.8) is 0 Å². The molecule has 0 atom stereocenters. The van der Waals surface area contributed by atoms with Gasteiger partial charge in [0.25, 0.3) is 5.91 Å². The zero-order chi connectivity index (χ0) is 24.8. The lowest BCUT2D eigenvalue weighted by atomic mass is 9.85. The summed E-state index contributed by atoms with van der Waals surface area (Å²) in [7, 11) is 0. The molecule has 4 rings (SSSR count). The molecule has 3 amide bonds. The number of benzene rings is 1. The number of hydrogen-bond acceptors (Lipinski definition) is 5.